The first-order valence-electron chi connectivity index (χ1n) is 9.22. The number of benzene rings is 2. The lowest BCUT2D eigenvalue weighted by Gasteiger charge is -2.10. The molecule has 4 aromatic rings. The van der Waals surface area contributed by atoms with E-state index in [1.165, 1.54) is 6.20 Å². The summed E-state index contributed by atoms with van der Waals surface area (Å²) in [5, 5.41) is 2.53. The van der Waals surface area contributed by atoms with Crippen molar-refractivity contribution in [1.29, 1.82) is 0 Å². The summed E-state index contributed by atoms with van der Waals surface area (Å²) in [5.74, 6) is -0.464. The highest BCUT2D eigenvalue weighted by atomic mass is 19.4. The normalized spacial score (nSPS) is 11.5. The van der Waals surface area contributed by atoms with Crippen molar-refractivity contribution in [2.45, 2.75) is 12.6 Å². The van der Waals surface area contributed by atoms with Crippen molar-refractivity contribution in [2.75, 3.05) is 5.32 Å². The van der Waals surface area contributed by atoms with E-state index in [-0.39, 0.29) is 18.1 Å². The van der Waals surface area contributed by atoms with E-state index >= 15 is 0 Å². The van der Waals surface area contributed by atoms with Crippen LogP contribution in [0, 0.1) is 5.82 Å². The van der Waals surface area contributed by atoms with Crippen LogP contribution in [0.25, 0.3) is 11.0 Å². The molecule has 0 bridgehead atoms. The number of anilines is 2. The van der Waals surface area contributed by atoms with Crippen LogP contribution in [0.4, 0.5) is 29.2 Å². The average molecular weight is 445 g/mol. The first-order chi connectivity index (χ1) is 15.2. The Bertz CT molecular complexity index is 1300. The molecule has 0 aliphatic heterocycles. The zero-order valence-electron chi connectivity index (χ0n) is 16.2. The van der Waals surface area contributed by atoms with Crippen LogP contribution in [0.1, 0.15) is 11.3 Å². The number of rotatable bonds is 6. The molecule has 0 atom stereocenters. The Hall–Kier alpha value is -4.15. The second kappa shape index (κ2) is 8.17. The fourth-order valence-electron chi connectivity index (χ4n) is 2.97. The molecule has 0 spiro atoms. The van der Waals surface area contributed by atoms with Crippen molar-refractivity contribution in [3.63, 3.8) is 0 Å². The lowest BCUT2D eigenvalue weighted by Crippen LogP contribution is -2.14. The van der Waals surface area contributed by atoms with Gasteiger partial charge < -0.3 is 20.8 Å². The molecule has 0 saturated carbocycles. The Morgan fingerprint density at radius 1 is 1.09 bits per heavy atom. The Morgan fingerprint density at radius 2 is 1.88 bits per heavy atom. The van der Waals surface area contributed by atoms with Crippen molar-refractivity contribution < 1.29 is 27.1 Å². The van der Waals surface area contributed by atoms with E-state index in [1.54, 1.807) is 30.3 Å². The number of halogens is 4. The van der Waals surface area contributed by atoms with Gasteiger partial charge in [-0.05, 0) is 36.4 Å². The number of carbonyl (C=O) groups excluding carboxylic acids is 1. The second-order valence-corrected chi connectivity index (χ2v) is 6.81. The highest BCUT2D eigenvalue weighted by Gasteiger charge is 2.31. The minimum atomic E-state index is -4.60. The maximum absolute atomic E-state index is 14.0. The number of fused-ring (bicyclic) bond motifs is 1. The maximum atomic E-state index is 14.0. The minimum absolute atomic E-state index is 0.0298. The summed E-state index contributed by atoms with van der Waals surface area (Å²) in [6.45, 7) is 0. The number of ether oxygens (including phenoxy) is 1. The SMILES string of the molecule is NC(=O)Cc1cc(Oc2ccc3nc(Nc4cc(C(F)(F)F)ccc4F)[nH]c3c2)ccn1. The number of hydrogen-bond acceptors (Lipinski definition) is 5. The summed E-state index contributed by atoms with van der Waals surface area (Å²) in [4.78, 5) is 22.2. The molecule has 11 heteroatoms. The molecule has 164 valence electrons. The van der Waals surface area contributed by atoms with Gasteiger partial charge in [0.25, 0.3) is 0 Å². The highest BCUT2D eigenvalue weighted by Crippen LogP contribution is 2.33. The van der Waals surface area contributed by atoms with E-state index in [2.05, 4.69) is 20.3 Å². The number of nitrogens with two attached hydrogens (primary N) is 1. The molecule has 0 radical (unpaired) electrons. The third kappa shape index (κ3) is 4.77. The monoisotopic (exact) mass is 445 g/mol. The molecule has 32 heavy (non-hydrogen) atoms. The molecule has 2 heterocycles. The van der Waals surface area contributed by atoms with Crippen molar-refractivity contribution in [2.24, 2.45) is 5.73 Å². The first-order valence-corrected chi connectivity index (χ1v) is 9.22. The van der Waals surface area contributed by atoms with Gasteiger partial charge in [0.1, 0.15) is 17.3 Å². The molecule has 0 saturated heterocycles. The summed E-state index contributed by atoms with van der Waals surface area (Å²) < 4.78 is 58.5. The number of alkyl halides is 3. The number of aromatic nitrogens is 3. The van der Waals surface area contributed by atoms with Crippen LogP contribution in [0.2, 0.25) is 0 Å². The zero-order chi connectivity index (χ0) is 22.9. The van der Waals surface area contributed by atoms with Gasteiger partial charge in [0.15, 0.2) is 0 Å². The molecule has 1 amide bonds. The molecule has 0 aliphatic rings. The standard InChI is InChI=1S/C21H15F4N5O2/c22-15-3-1-11(21(23,24)25)7-17(15)29-20-28-16-4-2-13(10-18(16)30-20)32-14-5-6-27-12(8-14)9-19(26)31/h1-8,10H,9H2,(H2,26,31)(H2,28,29,30). The van der Waals surface area contributed by atoms with Gasteiger partial charge in [0.05, 0.1) is 34.4 Å². The summed E-state index contributed by atoms with van der Waals surface area (Å²) in [6, 6.07) is 10.1. The van der Waals surface area contributed by atoms with E-state index in [0.29, 0.717) is 40.4 Å². The van der Waals surface area contributed by atoms with Crippen LogP contribution in [-0.2, 0) is 17.4 Å². The first kappa shape index (κ1) is 21.1. The van der Waals surface area contributed by atoms with Crippen LogP contribution < -0.4 is 15.8 Å². The number of primary amides is 1. The smallest absolute Gasteiger partial charge is 0.416 e. The molecular weight excluding hydrogens is 430 g/mol. The quantitative estimate of drug-likeness (QED) is 0.374. The summed E-state index contributed by atoms with van der Waals surface area (Å²) >= 11 is 0. The van der Waals surface area contributed by atoms with Crippen molar-refractivity contribution in [1.82, 2.24) is 15.0 Å². The second-order valence-electron chi connectivity index (χ2n) is 6.81. The molecule has 4 rings (SSSR count). The fourth-order valence-corrected chi connectivity index (χ4v) is 2.97. The lowest BCUT2D eigenvalue weighted by atomic mass is 10.2. The summed E-state index contributed by atoms with van der Waals surface area (Å²) in [5.41, 5.74) is 5.26. The van der Waals surface area contributed by atoms with Crippen molar-refractivity contribution in [3.05, 3.63) is 71.8 Å². The van der Waals surface area contributed by atoms with Gasteiger partial charge in [-0.1, -0.05) is 0 Å². The van der Waals surface area contributed by atoms with Crippen molar-refractivity contribution in [3.8, 4) is 11.5 Å². The van der Waals surface area contributed by atoms with Gasteiger partial charge in [-0.2, -0.15) is 13.2 Å². The van der Waals surface area contributed by atoms with Gasteiger partial charge in [-0.15, -0.1) is 0 Å². The molecular formula is C21H15F4N5O2. The predicted molar refractivity (Wildman–Crippen MR) is 108 cm³/mol. The van der Waals surface area contributed by atoms with Gasteiger partial charge >= 0.3 is 6.18 Å². The Labute approximate surface area is 178 Å². The van der Waals surface area contributed by atoms with E-state index in [1.807, 2.05) is 0 Å². The minimum Gasteiger partial charge on any atom is -0.457 e. The maximum Gasteiger partial charge on any atom is 0.416 e. The van der Waals surface area contributed by atoms with Gasteiger partial charge in [-0.3, -0.25) is 9.78 Å². The number of hydrogen-bond donors (Lipinski definition) is 3. The molecule has 0 unspecified atom stereocenters. The number of amides is 1. The lowest BCUT2D eigenvalue weighted by molar-refractivity contribution is -0.137. The number of carbonyl (C=O) groups is 1. The van der Waals surface area contributed by atoms with E-state index in [4.69, 9.17) is 10.5 Å². The molecule has 4 N–H and O–H groups in total. The van der Waals surface area contributed by atoms with Crippen LogP contribution in [0.3, 0.4) is 0 Å². The summed E-state index contributed by atoms with van der Waals surface area (Å²) in [7, 11) is 0. The molecule has 7 nitrogen and oxygen atoms in total. The number of nitrogens with zero attached hydrogens (tertiary/aromatic N) is 2. The third-order valence-corrected chi connectivity index (χ3v) is 4.38. The number of imidazole rings is 1. The Kier molecular flexibility index (Phi) is 5.39. The number of pyridine rings is 1. The van der Waals surface area contributed by atoms with Crippen LogP contribution in [0.15, 0.2) is 54.7 Å². The van der Waals surface area contributed by atoms with Crippen LogP contribution in [-0.4, -0.2) is 20.9 Å². The average Bonchev–Trinajstić information content (AvgIpc) is 3.10. The Balaban J connectivity index is 1.56. The number of H-pyrrole nitrogens is 1. The molecule has 2 aromatic heterocycles. The predicted octanol–water partition coefficient (Wildman–Crippen LogP) is 4.68. The van der Waals surface area contributed by atoms with Gasteiger partial charge in [0, 0.05) is 18.3 Å². The van der Waals surface area contributed by atoms with E-state index < -0.39 is 23.5 Å². The van der Waals surface area contributed by atoms with Crippen LogP contribution >= 0.6 is 0 Å². The van der Waals surface area contributed by atoms with E-state index in [9.17, 15) is 22.4 Å². The molecule has 0 aliphatic carbocycles. The zero-order valence-corrected chi connectivity index (χ0v) is 16.2. The van der Waals surface area contributed by atoms with Crippen LogP contribution in [0.5, 0.6) is 11.5 Å². The van der Waals surface area contributed by atoms with E-state index in [0.717, 1.165) is 6.07 Å². The number of aromatic amines is 1. The van der Waals surface area contributed by atoms with Gasteiger partial charge in [0.2, 0.25) is 11.9 Å². The third-order valence-electron chi connectivity index (χ3n) is 4.38. The number of nitrogens with one attached hydrogen (secondary N) is 2. The molecule has 0 fully saturated rings. The molecule has 2 aromatic carbocycles. The topological polar surface area (TPSA) is 106 Å². The Morgan fingerprint density at radius 3 is 2.62 bits per heavy atom. The summed E-state index contributed by atoms with van der Waals surface area (Å²) in [6.07, 6.45) is -3.15. The van der Waals surface area contributed by atoms with Gasteiger partial charge in [-0.25, -0.2) is 9.37 Å². The highest BCUT2D eigenvalue weighted by molar-refractivity contribution is 5.80. The largest absolute Gasteiger partial charge is 0.457 e. The van der Waals surface area contributed by atoms with Crippen molar-refractivity contribution >= 4 is 28.6 Å². The fraction of sp³-hybridized carbons (Fsp3) is 0.0952.